The standard InChI is InChI=1S/C24H24F2N2O4/c1-15(22(29)28-13-10-16-4-2-3-5-21(16)28)32-24(31)17-8-11-27(12-9-17)23(30)19-7-6-18(25)14-20(19)26/h2-7,14-15,17H,8-13H2,1H3/t15-/m1/s1. The van der Waals surface area contributed by atoms with Gasteiger partial charge in [-0.2, -0.15) is 0 Å². The van der Waals surface area contributed by atoms with Crippen molar-refractivity contribution in [2.45, 2.75) is 32.3 Å². The van der Waals surface area contributed by atoms with Crippen molar-refractivity contribution >= 4 is 23.5 Å². The van der Waals surface area contributed by atoms with Gasteiger partial charge in [0.25, 0.3) is 11.8 Å². The summed E-state index contributed by atoms with van der Waals surface area (Å²) in [5.74, 6) is -3.38. The van der Waals surface area contributed by atoms with Crippen LogP contribution in [0.3, 0.4) is 0 Å². The summed E-state index contributed by atoms with van der Waals surface area (Å²) in [6.07, 6.45) is 0.549. The molecule has 0 unspecified atom stereocenters. The van der Waals surface area contributed by atoms with Gasteiger partial charge in [0.2, 0.25) is 0 Å². The van der Waals surface area contributed by atoms with E-state index in [-0.39, 0.29) is 24.6 Å². The number of amides is 2. The summed E-state index contributed by atoms with van der Waals surface area (Å²) in [5, 5.41) is 0. The van der Waals surface area contributed by atoms with Crippen LogP contribution in [0.25, 0.3) is 0 Å². The van der Waals surface area contributed by atoms with E-state index in [1.54, 1.807) is 11.8 Å². The van der Waals surface area contributed by atoms with Crippen molar-refractivity contribution in [3.8, 4) is 0 Å². The van der Waals surface area contributed by atoms with Crippen molar-refractivity contribution in [2.75, 3.05) is 24.5 Å². The van der Waals surface area contributed by atoms with E-state index < -0.39 is 35.5 Å². The first-order valence-electron chi connectivity index (χ1n) is 10.7. The molecule has 2 heterocycles. The van der Waals surface area contributed by atoms with E-state index in [4.69, 9.17) is 4.74 Å². The van der Waals surface area contributed by atoms with Crippen LogP contribution in [0.2, 0.25) is 0 Å². The van der Waals surface area contributed by atoms with Crippen LogP contribution >= 0.6 is 0 Å². The van der Waals surface area contributed by atoms with Crippen molar-refractivity contribution in [1.82, 2.24) is 4.90 Å². The van der Waals surface area contributed by atoms with Gasteiger partial charge in [-0.05, 0) is 49.9 Å². The second kappa shape index (κ2) is 9.06. The molecule has 2 aliphatic heterocycles. The van der Waals surface area contributed by atoms with Gasteiger partial charge in [0.15, 0.2) is 6.10 Å². The van der Waals surface area contributed by atoms with E-state index >= 15 is 0 Å². The maximum Gasteiger partial charge on any atom is 0.309 e. The zero-order valence-corrected chi connectivity index (χ0v) is 17.7. The number of para-hydroxylation sites is 1. The van der Waals surface area contributed by atoms with Crippen LogP contribution in [-0.2, 0) is 20.7 Å². The fraction of sp³-hybridized carbons (Fsp3) is 0.375. The first kappa shape index (κ1) is 21.9. The summed E-state index contributed by atoms with van der Waals surface area (Å²) in [7, 11) is 0. The first-order valence-corrected chi connectivity index (χ1v) is 10.7. The van der Waals surface area contributed by atoms with Gasteiger partial charge >= 0.3 is 5.97 Å². The van der Waals surface area contributed by atoms with Gasteiger partial charge in [-0.1, -0.05) is 18.2 Å². The third kappa shape index (κ3) is 4.35. The number of carbonyl (C=O) groups excluding carboxylic acids is 3. The number of rotatable bonds is 4. The SMILES string of the molecule is C[C@@H](OC(=O)C1CCN(C(=O)c2ccc(F)cc2F)CC1)C(=O)N1CCc2ccccc21. The molecule has 0 N–H and O–H groups in total. The van der Waals surface area contributed by atoms with Crippen LogP contribution in [-0.4, -0.2) is 48.4 Å². The highest BCUT2D eigenvalue weighted by Crippen LogP contribution is 2.29. The molecule has 2 aromatic rings. The molecule has 0 aliphatic carbocycles. The van der Waals surface area contributed by atoms with Crippen LogP contribution in [0.1, 0.15) is 35.7 Å². The van der Waals surface area contributed by atoms with E-state index in [0.29, 0.717) is 25.5 Å². The summed E-state index contributed by atoms with van der Waals surface area (Å²) in [4.78, 5) is 41.0. The average Bonchev–Trinajstić information content (AvgIpc) is 3.22. The Balaban J connectivity index is 1.31. The summed E-state index contributed by atoms with van der Waals surface area (Å²) < 4.78 is 32.4. The number of piperidine rings is 1. The molecule has 0 aromatic heterocycles. The van der Waals surface area contributed by atoms with Gasteiger partial charge in [-0.15, -0.1) is 0 Å². The van der Waals surface area contributed by atoms with Crippen molar-refractivity contribution in [3.63, 3.8) is 0 Å². The quantitative estimate of drug-likeness (QED) is 0.682. The number of halogens is 2. The molecule has 4 rings (SSSR count). The maximum atomic E-state index is 13.9. The molecule has 0 spiro atoms. The largest absolute Gasteiger partial charge is 0.452 e. The lowest BCUT2D eigenvalue weighted by molar-refractivity contribution is -0.159. The minimum Gasteiger partial charge on any atom is -0.452 e. The number of nitrogens with zero attached hydrogens (tertiary/aromatic N) is 2. The minimum absolute atomic E-state index is 0.197. The highest BCUT2D eigenvalue weighted by Gasteiger charge is 2.34. The summed E-state index contributed by atoms with van der Waals surface area (Å²) in [6.45, 7) is 2.62. The van der Waals surface area contributed by atoms with Gasteiger partial charge in [0.05, 0.1) is 11.5 Å². The third-order valence-corrected chi connectivity index (χ3v) is 6.07. The molecule has 2 aromatic carbocycles. The number of anilines is 1. The van der Waals surface area contributed by atoms with E-state index in [2.05, 4.69) is 0 Å². The number of hydrogen-bond acceptors (Lipinski definition) is 4. The molecule has 32 heavy (non-hydrogen) atoms. The van der Waals surface area contributed by atoms with Crippen LogP contribution in [0.15, 0.2) is 42.5 Å². The highest BCUT2D eigenvalue weighted by atomic mass is 19.1. The number of esters is 1. The Morgan fingerprint density at radius 2 is 1.75 bits per heavy atom. The molecule has 1 atom stereocenters. The van der Waals surface area contributed by atoms with Gasteiger partial charge < -0.3 is 14.5 Å². The Hall–Kier alpha value is -3.29. The Labute approximate surface area is 184 Å². The Morgan fingerprint density at radius 1 is 1.03 bits per heavy atom. The third-order valence-electron chi connectivity index (χ3n) is 6.07. The number of ether oxygens (including phenoxy) is 1. The van der Waals surface area contributed by atoms with Crippen LogP contribution in [0.4, 0.5) is 14.5 Å². The molecule has 0 bridgehead atoms. The first-order chi connectivity index (χ1) is 15.3. The molecule has 1 fully saturated rings. The van der Waals surface area contributed by atoms with Gasteiger partial charge in [-0.3, -0.25) is 14.4 Å². The maximum absolute atomic E-state index is 13.9. The zero-order valence-electron chi connectivity index (χ0n) is 17.7. The summed E-state index contributed by atoms with van der Waals surface area (Å²) >= 11 is 0. The van der Waals surface area contributed by atoms with Crippen LogP contribution in [0, 0.1) is 17.6 Å². The van der Waals surface area contributed by atoms with Crippen LogP contribution < -0.4 is 4.90 Å². The van der Waals surface area contributed by atoms with Gasteiger partial charge in [0, 0.05) is 31.4 Å². The van der Waals surface area contributed by atoms with Gasteiger partial charge in [-0.25, -0.2) is 8.78 Å². The predicted octanol–water partition coefficient (Wildman–Crippen LogP) is 3.34. The summed E-state index contributed by atoms with van der Waals surface area (Å²) in [6, 6.07) is 10.5. The zero-order chi connectivity index (χ0) is 22.8. The Kier molecular flexibility index (Phi) is 6.21. The van der Waals surface area contributed by atoms with E-state index in [1.165, 1.54) is 4.90 Å². The van der Waals surface area contributed by atoms with Crippen molar-refractivity contribution < 1.29 is 27.9 Å². The molecule has 0 saturated carbocycles. The van der Waals surface area contributed by atoms with E-state index in [1.807, 2.05) is 24.3 Å². The number of carbonyl (C=O) groups is 3. The second-order valence-corrected chi connectivity index (χ2v) is 8.14. The van der Waals surface area contributed by atoms with Crippen LogP contribution in [0.5, 0.6) is 0 Å². The van der Waals surface area contributed by atoms with Crippen molar-refractivity contribution in [2.24, 2.45) is 5.92 Å². The molecule has 168 valence electrons. The molecular formula is C24H24F2N2O4. The molecular weight excluding hydrogens is 418 g/mol. The number of fused-ring (bicyclic) bond motifs is 1. The monoisotopic (exact) mass is 442 g/mol. The fourth-order valence-electron chi connectivity index (χ4n) is 4.26. The minimum atomic E-state index is -0.915. The molecule has 6 nitrogen and oxygen atoms in total. The molecule has 2 amide bonds. The Bertz CT molecular complexity index is 1050. The van der Waals surface area contributed by atoms with Crippen molar-refractivity contribution in [3.05, 3.63) is 65.2 Å². The highest BCUT2D eigenvalue weighted by molar-refractivity contribution is 5.99. The smallest absolute Gasteiger partial charge is 0.309 e. The molecule has 0 radical (unpaired) electrons. The normalized spacial score (nSPS) is 17.1. The Morgan fingerprint density at radius 3 is 2.47 bits per heavy atom. The predicted molar refractivity (Wildman–Crippen MR) is 113 cm³/mol. The molecule has 1 saturated heterocycles. The van der Waals surface area contributed by atoms with E-state index in [0.717, 1.165) is 29.8 Å². The lowest BCUT2D eigenvalue weighted by Gasteiger charge is -2.31. The topological polar surface area (TPSA) is 66.9 Å². The van der Waals surface area contributed by atoms with E-state index in [9.17, 15) is 23.2 Å². The average molecular weight is 442 g/mol. The molecule has 2 aliphatic rings. The number of likely N-dealkylation sites (tertiary alicyclic amines) is 1. The fourth-order valence-corrected chi connectivity index (χ4v) is 4.26. The second-order valence-electron chi connectivity index (χ2n) is 8.14. The van der Waals surface area contributed by atoms with Crippen molar-refractivity contribution in [1.29, 1.82) is 0 Å². The number of hydrogen-bond donors (Lipinski definition) is 0. The van der Waals surface area contributed by atoms with Gasteiger partial charge in [0.1, 0.15) is 11.6 Å². The summed E-state index contributed by atoms with van der Waals surface area (Å²) in [5.41, 5.74) is 1.74. The number of benzene rings is 2. The lowest BCUT2D eigenvalue weighted by Crippen LogP contribution is -2.43. The molecule has 8 heteroatoms. The lowest BCUT2D eigenvalue weighted by atomic mass is 9.96.